The second-order valence-electron chi connectivity index (χ2n) is 5.22. The van der Waals surface area contributed by atoms with E-state index < -0.39 is 0 Å². The van der Waals surface area contributed by atoms with E-state index in [0.717, 1.165) is 13.0 Å². The van der Waals surface area contributed by atoms with Crippen LogP contribution < -0.4 is 5.73 Å². The fraction of sp³-hybridized carbons (Fsp3) is 0.250. The van der Waals surface area contributed by atoms with Gasteiger partial charge >= 0.3 is 0 Å². The monoisotopic (exact) mass is 348 g/mol. The molecular formula is C16H17BrN2S. The van der Waals surface area contributed by atoms with Crippen molar-refractivity contribution in [2.75, 3.05) is 0 Å². The van der Waals surface area contributed by atoms with Crippen molar-refractivity contribution in [1.29, 1.82) is 0 Å². The van der Waals surface area contributed by atoms with Gasteiger partial charge in [-0.3, -0.25) is 0 Å². The van der Waals surface area contributed by atoms with Crippen molar-refractivity contribution in [2.24, 2.45) is 5.73 Å². The first-order valence-electron chi connectivity index (χ1n) is 6.69. The lowest BCUT2D eigenvalue weighted by molar-refractivity contribution is 0.738. The molecular weight excluding hydrogens is 332 g/mol. The molecule has 0 aliphatic heterocycles. The number of nitrogens with two attached hydrogens (primary N) is 1. The summed E-state index contributed by atoms with van der Waals surface area (Å²) in [6.45, 7) is 2.97. The summed E-state index contributed by atoms with van der Waals surface area (Å²) >= 11 is 5.30. The van der Waals surface area contributed by atoms with Crippen LogP contribution in [0.1, 0.15) is 17.4 Å². The van der Waals surface area contributed by atoms with Crippen LogP contribution in [-0.2, 0) is 13.0 Å². The van der Waals surface area contributed by atoms with Gasteiger partial charge in [0.25, 0.3) is 0 Å². The number of benzene rings is 1. The molecule has 4 heteroatoms. The third kappa shape index (κ3) is 2.97. The highest BCUT2D eigenvalue weighted by molar-refractivity contribution is 9.11. The topological polar surface area (TPSA) is 30.9 Å². The van der Waals surface area contributed by atoms with E-state index in [1.54, 1.807) is 11.3 Å². The van der Waals surface area contributed by atoms with Crippen LogP contribution in [0, 0.1) is 0 Å². The molecule has 0 fully saturated rings. The first kappa shape index (κ1) is 13.9. The zero-order valence-corrected chi connectivity index (χ0v) is 13.7. The predicted octanol–water partition coefficient (Wildman–Crippen LogP) is 4.40. The summed E-state index contributed by atoms with van der Waals surface area (Å²) in [6, 6.07) is 13.3. The van der Waals surface area contributed by atoms with Gasteiger partial charge in [0, 0.05) is 22.6 Å². The summed E-state index contributed by atoms with van der Waals surface area (Å²) in [7, 11) is 0. The van der Waals surface area contributed by atoms with Crippen LogP contribution in [0.3, 0.4) is 0 Å². The number of hydrogen-bond acceptors (Lipinski definition) is 2. The fourth-order valence-corrected chi connectivity index (χ4v) is 3.97. The maximum absolute atomic E-state index is 5.87. The first-order chi connectivity index (χ1) is 9.61. The summed E-state index contributed by atoms with van der Waals surface area (Å²) in [5, 5.41) is 1.29. The number of rotatable bonds is 4. The molecule has 0 radical (unpaired) electrons. The van der Waals surface area contributed by atoms with Crippen molar-refractivity contribution in [3.05, 3.63) is 56.8 Å². The van der Waals surface area contributed by atoms with Gasteiger partial charge in [-0.1, -0.05) is 6.07 Å². The van der Waals surface area contributed by atoms with E-state index in [4.69, 9.17) is 5.73 Å². The Balaban J connectivity index is 1.89. The van der Waals surface area contributed by atoms with Crippen LogP contribution in [0.5, 0.6) is 0 Å². The minimum atomic E-state index is 0.206. The van der Waals surface area contributed by atoms with Gasteiger partial charge in [-0.15, -0.1) is 11.3 Å². The lowest BCUT2D eigenvalue weighted by Crippen LogP contribution is -2.17. The average molecular weight is 349 g/mol. The second-order valence-corrected chi connectivity index (χ2v) is 7.77. The standard InChI is InChI=1S/C16H17BrN2S/c1-11(18)8-12-2-4-15-13(9-12)6-7-19(15)10-14-3-5-16(17)20-14/h2-7,9,11H,8,10,18H2,1H3. The van der Waals surface area contributed by atoms with E-state index in [0.29, 0.717) is 0 Å². The van der Waals surface area contributed by atoms with Crippen LogP contribution >= 0.6 is 27.3 Å². The molecule has 1 atom stereocenters. The van der Waals surface area contributed by atoms with Crippen molar-refractivity contribution in [1.82, 2.24) is 4.57 Å². The molecule has 1 aromatic carbocycles. The Kier molecular flexibility index (Phi) is 3.96. The van der Waals surface area contributed by atoms with E-state index in [9.17, 15) is 0 Å². The Morgan fingerprint density at radius 2 is 2.10 bits per heavy atom. The van der Waals surface area contributed by atoms with Crippen molar-refractivity contribution in [2.45, 2.75) is 25.9 Å². The molecule has 20 heavy (non-hydrogen) atoms. The third-order valence-corrected chi connectivity index (χ3v) is 4.96. The molecule has 104 valence electrons. The van der Waals surface area contributed by atoms with Gasteiger partial charge in [0.2, 0.25) is 0 Å². The Morgan fingerprint density at radius 3 is 2.80 bits per heavy atom. The molecule has 2 aromatic heterocycles. The minimum absolute atomic E-state index is 0.206. The molecule has 0 saturated heterocycles. The van der Waals surface area contributed by atoms with Gasteiger partial charge in [0.15, 0.2) is 0 Å². The third-order valence-electron chi connectivity index (χ3n) is 3.35. The van der Waals surface area contributed by atoms with E-state index in [1.807, 2.05) is 6.92 Å². The average Bonchev–Trinajstić information content (AvgIpc) is 2.96. The predicted molar refractivity (Wildman–Crippen MR) is 90.4 cm³/mol. The molecule has 0 aliphatic rings. The molecule has 0 spiro atoms. The zero-order chi connectivity index (χ0) is 14.1. The minimum Gasteiger partial charge on any atom is -0.342 e. The number of fused-ring (bicyclic) bond motifs is 1. The number of nitrogens with zero attached hydrogens (tertiary/aromatic N) is 1. The van der Waals surface area contributed by atoms with Gasteiger partial charge < -0.3 is 10.3 Å². The summed E-state index contributed by atoms with van der Waals surface area (Å²) in [4.78, 5) is 1.36. The highest BCUT2D eigenvalue weighted by atomic mass is 79.9. The zero-order valence-electron chi connectivity index (χ0n) is 11.3. The number of thiophene rings is 1. The Labute approximate surface area is 131 Å². The molecule has 0 bridgehead atoms. The second kappa shape index (κ2) is 5.72. The van der Waals surface area contributed by atoms with E-state index >= 15 is 0 Å². The molecule has 0 saturated carbocycles. The van der Waals surface area contributed by atoms with Gasteiger partial charge in [0.1, 0.15) is 0 Å². The largest absolute Gasteiger partial charge is 0.342 e. The molecule has 1 unspecified atom stereocenters. The highest BCUT2D eigenvalue weighted by Gasteiger charge is 2.05. The van der Waals surface area contributed by atoms with E-state index in [-0.39, 0.29) is 6.04 Å². The summed E-state index contributed by atoms with van der Waals surface area (Å²) in [5.74, 6) is 0. The Bertz CT molecular complexity index is 727. The fourth-order valence-electron chi connectivity index (χ4n) is 2.49. The van der Waals surface area contributed by atoms with Crippen LogP contribution in [0.2, 0.25) is 0 Å². The summed E-state index contributed by atoms with van der Waals surface area (Å²) in [5.41, 5.74) is 8.46. The lowest BCUT2D eigenvalue weighted by Gasteiger charge is -2.07. The number of hydrogen-bond donors (Lipinski definition) is 1. The Hall–Kier alpha value is -1.10. The van der Waals surface area contributed by atoms with Crippen molar-refractivity contribution in [3.63, 3.8) is 0 Å². The maximum Gasteiger partial charge on any atom is 0.0702 e. The van der Waals surface area contributed by atoms with E-state index in [2.05, 4.69) is 63.1 Å². The van der Waals surface area contributed by atoms with Crippen molar-refractivity contribution >= 4 is 38.2 Å². The first-order valence-corrected chi connectivity index (χ1v) is 8.30. The Morgan fingerprint density at radius 1 is 1.25 bits per heavy atom. The van der Waals surface area contributed by atoms with Crippen molar-refractivity contribution < 1.29 is 0 Å². The summed E-state index contributed by atoms with van der Waals surface area (Å²) in [6.07, 6.45) is 3.09. The van der Waals surface area contributed by atoms with Crippen LogP contribution in [0.4, 0.5) is 0 Å². The normalized spacial score (nSPS) is 12.9. The molecule has 0 aliphatic carbocycles. The molecule has 2 heterocycles. The lowest BCUT2D eigenvalue weighted by atomic mass is 10.1. The van der Waals surface area contributed by atoms with Crippen LogP contribution in [-0.4, -0.2) is 10.6 Å². The molecule has 3 aromatic rings. The van der Waals surface area contributed by atoms with Gasteiger partial charge in [-0.25, -0.2) is 0 Å². The highest BCUT2D eigenvalue weighted by Crippen LogP contribution is 2.25. The summed E-state index contributed by atoms with van der Waals surface area (Å²) < 4.78 is 3.48. The molecule has 2 nitrogen and oxygen atoms in total. The maximum atomic E-state index is 5.87. The SMILES string of the molecule is CC(N)Cc1ccc2c(ccn2Cc2ccc(Br)s2)c1. The van der Waals surface area contributed by atoms with Crippen LogP contribution in [0.15, 0.2) is 46.4 Å². The molecule has 0 amide bonds. The number of aromatic nitrogens is 1. The smallest absolute Gasteiger partial charge is 0.0702 e. The van der Waals surface area contributed by atoms with Gasteiger partial charge in [-0.05, 0) is 70.6 Å². The molecule has 2 N–H and O–H groups in total. The van der Waals surface area contributed by atoms with Crippen LogP contribution in [0.25, 0.3) is 10.9 Å². The number of halogens is 1. The van der Waals surface area contributed by atoms with E-state index in [1.165, 1.54) is 25.1 Å². The van der Waals surface area contributed by atoms with Crippen molar-refractivity contribution in [3.8, 4) is 0 Å². The van der Waals surface area contributed by atoms with Gasteiger partial charge in [-0.2, -0.15) is 0 Å². The molecule has 3 rings (SSSR count). The quantitative estimate of drug-likeness (QED) is 0.743. The van der Waals surface area contributed by atoms with Gasteiger partial charge in [0.05, 0.1) is 10.3 Å².